The first-order valence-electron chi connectivity index (χ1n) is 6.99. The highest BCUT2D eigenvalue weighted by atomic mass is 16.5. The number of ether oxygens (including phenoxy) is 1. The molecule has 0 bridgehead atoms. The lowest BCUT2D eigenvalue weighted by Crippen LogP contribution is -2.44. The van der Waals surface area contributed by atoms with Crippen LogP contribution in [0.2, 0.25) is 0 Å². The molecule has 1 amide bonds. The van der Waals surface area contributed by atoms with E-state index >= 15 is 0 Å². The predicted molar refractivity (Wildman–Crippen MR) is 77.9 cm³/mol. The summed E-state index contributed by atoms with van der Waals surface area (Å²) in [6, 6.07) is 7.34. The van der Waals surface area contributed by atoms with Crippen LogP contribution in [-0.2, 0) is 19.1 Å². The van der Waals surface area contributed by atoms with Crippen molar-refractivity contribution in [1.82, 2.24) is 0 Å². The number of ketones is 1. The molecule has 1 aliphatic rings. The summed E-state index contributed by atoms with van der Waals surface area (Å²) in [7, 11) is 0. The maximum atomic E-state index is 12.3. The van der Waals surface area contributed by atoms with Gasteiger partial charge in [0.25, 0.3) is 0 Å². The van der Waals surface area contributed by atoms with E-state index in [-0.39, 0.29) is 24.7 Å². The normalized spacial score (nSPS) is 20.6. The van der Waals surface area contributed by atoms with Gasteiger partial charge in [-0.3, -0.25) is 14.5 Å². The van der Waals surface area contributed by atoms with Crippen LogP contribution in [0, 0.1) is 17.2 Å². The van der Waals surface area contributed by atoms with Gasteiger partial charge in [0.05, 0.1) is 24.2 Å². The van der Waals surface area contributed by atoms with Crippen molar-refractivity contribution in [2.24, 2.45) is 5.92 Å². The van der Waals surface area contributed by atoms with Gasteiger partial charge in [-0.25, -0.2) is 4.79 Å². The van der Waals surface area contributed by atoms with Crippen molar-refractivity contribution in [1.29, 1.82) is 5.26 Å². The van der Waals surface area contributed by atoms with Crippen LogP contribution in [0.25, 0.3) is 0 Å². The molecule has 0 saturated carbocycles. The summed E-state index contributed by atoms with van der Waals surface area (Å²) in [5.74, 6) is -1.81. The number of hydrogen-bond donors (Lipinski definition) is 0. The van der Waals surface area contributed by atoms with Crippen LogP contribution < -0.4 is 4.90 Å². The molecule has 2 atom stereocenters. The Balaban J connectivity index is 2.40. The topological polar surface area (TPSA) is 87.5 Å². The Labute approximate surface area is 128 Å². The summed E-state index contributed by atoms with van der Waals surface area (Å²) in [6.45, 7) is 3.21. The van der Waals surface area contributed by atoms with Crippen molar-refractivity contribution < 1.29 is 19.1 Å². The van der Waals surface area contributed by atoms with E-state index in [1.807, 2.05) is 6.07 Å². The van der Waals surface area contributed by atoms with Gasteiger partial charge in [0.15, 0.2) is 0 Å². The zero-order valence-corrected chi connectivity index (χ0v) is 12.4. The molecule has 1 fully saturated rings. The fourth-order valence-electron chi connectivity index (χ4n) is 2.60. The number of Topliss-reactive ketones (excluding diaryl/α,β-unsaturated/α-hetero) is 1. The van der Waals surface area contributed by atoms with Gasteiger partial charge in [0.1, 0.15) is 11.8 Å². The smallest absolute Gasteiger partial charge is 0.330 e. The average Bonchev–Trinajstić information content (AvgIpc) is 2.85. The number of anilines is 1. The van der Waals surface area contributed by atoms with E-state index in [0.29, 0.717) is 11.3 Å². The van der Waals surface area contributed by atoms with E-state index in [1.54, 1.807) is 31.2 Å². The first kappa shape index (κ1) is 15.7. The number of benzene rings is 1. The van der Waals surface area contributed by atoms with Crippen LogP contribution in [0.5, 0.6) is 0 Å². The number of nitriles is 1. The van der Waals surface area contributed by atoms with Gasteiger partial charge in [-0.1, -0.05) is 0 Å². The lowest BCUT2D eigenvalue weighted by molar-refractivity contribution is -0.147. The van der Waals surface area contributed by atoms with Crippen molar-refractivity contribution in [2.75, 3.05) is 11.5 Å². The molecule has 6 nitrogen and oxygen atoms in total. The van der Waals surface area contributed by atoms with Crippen LogP contribution >= 0.6 is 0 Å². The second kappa shape index (κ2) is 6.39. The van der Waals surface area contributed by atoms with Crippen molar-refractivity contribution >= 4 is 23.3 Å². The van der Waals surface area contributed by atoms with Crippen LogP contribution in [0.1, 0.15) is 25.8 Å². The molecule has 1 aromatic rings. The van der Waals surface area contributed by atoms with E-state index in [4.69, 9.17) is 10.00 Å². The minimum absolute atomic E-state index is 0.0151. The minimum Gasteiger partial charge on any atom is -0.464 e. The monoisotopic (exact) mass is 300 g/mol. The Morgan fingerprint density at radius 1 is 1.36 bits per heavy atom. The summed E-state index contributed by atoms with van der Waals surface area (Å²) < 4.78 is 5.01. The predicted octanol–water partition coefficient (Wildman–Crippen LogP) is 1.43. The van der Waals surface area contributed by atoms with Crippen LogP contribution in [0.4, 0.5) is 5.69 Å². The molecule has 0 spiro atoms. The van der Waals surface area contributed by atoms with Gasteiger partial charge in [-0.15, -0.1) is 0 Å². The van der Waals surface area contributed by atoms with Crippen LogP contribution in [-0.4, -0.2) is 30.3 Å². The molecule has 0 aliphatic carbocycles. The van der Waals surface area contributed by atoms with Crippen molar-refractivity contribution in [2.45, 2.75) is 26.3 Å². The average molecular weight is 300 g/mol. The highest BCUT2D eigenvalue weighted by molar-refractivity contribution is 6.07. The molecule has 1 saturated heterocycles. The van der Waals surface area contributed by atoms with E-state index in [2.05, 4.69) is 0 Å². The van der Waals surface area contributed by atoms with Crippen LogP contribution in [0.3, 0.4) is 0 Å². The third kappa shape index (κ3) is 2.84. The standard InChI is InChI=1S/C16H16N2O4/c1-3-22-16(21)15-13(10(2)19)8-14(20)18(15)12-6-4-11(9-17)5-7-12/h4-7,13,15H,3,8H2,1-2H3. The maximum absolute atomic E-state index is 12.3. The van der Waals surface area contributed by atoms with Gasteiger partial charge < -0.3 is 4.74 Å². The molecule has 1 aliphatic heterocycles. The van der Waals surface area contributed by atoms with Gasteiger partial charge in [0, 0.05) is 12.1 Å². The fourth-order valence-corrected chi connectivity index (χ4v) is 2.60. The highest BCUT2D eigenvalue weighted by Crippen LogP contribution is 2.32. The molecular weight excluding hydrogens is 284 g/mol. The molecular formula is C16H16N2O4. The number of carbonyl (C=O) groups excluding carboxylic acids is 3. The molecule has 6 heteroatoms. The first-order chi connectivity index (χ1) is 10.5. The Hall–Kier alpha value is -2.68. The fraction of sp³-hybridized carbons (Fsp3) is 0.375. The first-order valence-corrected chi connectivity index (χ1v) is 6.99. The molecule has 1 aromatic carbocycles. The van der Waals surface area contributed by atoms with Crippen molar-refractivity contribution in [3.8, 4) is 6.07 Å². The number of nitrogens with zero attached hydrogens (tertiary/aromatic N) is 2. The zero-order valence-electron chi connectivity index (χ0n) is 12.4. The molecule has 0 radical (unpaired) electrons. The molecule has 2 rings (SSSR count). The molecule has 0 N–H and O–H groups in total. The number of hydrogen-bond acceptors (Lipinski definition) is 5. The third-order valence-corrected chi connectivity index (χ3v) is 3.65. The molecule has 0 aromatic heterocycles. The lowest BCUT2D eigenvalue weighted by atomic mass is 9.96. The Morgan fingerprint density at radius 3 is 2.50 bits per heavy atom. The molecule has 22 heavy (non-hydrogen) atoms. The third-order valence-electron chi connectivity index (χ3n) is 3.65. The van der Waals surface area contributed by atoms with Crippen molar-refractivity contribution in [3.63, 3.8) is 0 Å². The molecule has 114 valence electrons. The van der Waals surface area contributed by atoms with Gasteiger partial charge in [-0.2, -0.15) is 5.26 Å². The Kier molecular flexibility index (Phi) is 4.56. The summed E-state index contributed by atoms with van der Waals surface area (Å²) >= 11 is 0. The number of rotatable bonds is 4. The summed E-state index contributed by atoms with van der Waals surface area (Å²) in [5, 5.41) is 8.82. The largest absolute Gasteiger partial charge is 0.464 e. The van der Waals surface area contributed by atoms with Gasteiger partial charge in [0.2, 0.25) is 5.91 Å². The molecule has 1 heterocycles. The van der Waals surface area contributed by atoms with Gasteiger partial charge >= 0.3 is 5.97 Å². The van der Waals surface area contributed by atoms with E-state index in [9.17, 15) is 14.4 Å². The summed E-state index contributed by atoms with van der Waals surface area (Å²) in [4.78, 5) is 37.5. The summed E-state index contributed by atoms with van der Waals surface area (Å²) in [5.41, 5.74) is 0.928. The second-order valence-electron chi connectivity index (χ2n) is 5.04. The quantitative estimate of drug-likeness (QED) is 0.785. The zero-order chi connectivity index (χ0) is 16.3. The van der Waals surface area contributed by atoms with Gasteiger partial charge in [-0.05, 0) is 38.1 Å². The number of carbonyl (C=O) groups is 3. The molecule has 2 unspecified atom stereocenters. The van der Waals surface area contributed by atoms with E-state index < -0.39 is 17.9 Å². The van der Waals surface area contributed by atoms with E-state index in [1.165, 1.54) is 11.8 Å². The maximum Gasteiger partial charge on any atom is 0.330 e. The van der Waals surface area contributed by atoms with Crippen LogP contribution in [0.15, 0.2) is 24.3 Å². The number of amides is 1. The SMILES string of the molecule is CCOC(=O)C1C(C(C)=O)CC(=O)N1c1ccc(C#N)cc1. The van der Waals surface area contributed by atoms with E-state index in [0.717, 1.165) is 0 Å². The van der Waals surface area contributed by atoms with Crippen molar-refractivity contribution in [3.05, 3.63) is 29.8 Å². The Morgan fingerprint density at radius 2 is 2.00 bits per heavy atom. The highest BCUT2D eigenvalue weighted by Gasteiger charge is 2.47. The lowest BCUT2D eigenvalue weighted by Gasteiger charge is -2.25. The minimum atomic E-state index is -0.946. The summed E-state index contributed by atoms with van der Waals surface area (Å²) in [6.07, 6.45) is -0.0151. The number of esters is 1. The Bertz CT molecular complexity index is 645. The second-order valence-corrected chi connectivity index (χ2v) is 5.04.